The first-order valence-electron chi connectivity index (χ1n) is 23.2. The Morgan fingerprint density at radius 3 is 0.901 bits per heavy atom. The van der Waals surface area contributed by atoms with Gasteiger partial charge in [0.1, 0.15) is 86.3 Å². The molecule has 11 heteroatoms. The van der Waals surface area contributed by atoms with Crippen molar-refractivity contribution in [2.24, 2.45) is 0 Å². The summed E-state index contributed by atoms with van der Waals surface area (Å²) in [7, 11) is 80.0. The van der Waals surface area contributed by atoms with Gasteiger partial charge in [-0.25, -0.2) is 0 Å². The van der Waals surface area contributed by atoms with E-state index in [4.69, 9.17) is 86.3 Å². The molecular weight excluding hydrogens is 840 g/mol. The number of rotatable bonds is 5. The summed E-state index contributed by atoms with van der Waals surface area (Å²) in [5.74, 6) is 0. The first-order chi connectivity index (χ1) is 34.3. The lowest BCUT2D eigenvalue weighted by Gasteiger charge is -2.32. The largest absolute Gasteiger partial charge is 0.115 e. The average molecular weight is 865 g/mol. The first-order valence-corrected chi connectivity index (χ1v) is 23.2. The fourth-order valence-corrected chi connectivity index (χ4v) is 11.8. The van der Waals surface area contributed by atoms with E-state index in [1.54, 1.807) is 0 Å². The van der Waals surface area contributed by atoms with Gasteiger partial charge in [0.2, 0.25) is 0 Å². The van der Waals surface area contributed by atoms with Gasteiger partial charge in [0, 0.05) is 0 Å². The van der Waals surface area contributed by atoms with Crippen molar-refractivity contribution in [1.82, 2.24) is 0 Å². The van der Waals surface area contributed by atoms with E-state index in [1.807, 2.05) is 54.6 Å². The van der Waals surface area contributed by atoms with E-state index >= 15 is 0 Å². The van der Waals surface area contributed by atoms with Gasteiger partial charge in [-0.3, -0.25) is 0 Å². The summed E-state index contributed by atoms with van der Waals surface area (Å²) in [6.45, 7) is 0. The summed E-state index contributed by atoms with van der Waals surface area (Å²) >= 11 is 0. The number of hydrogen-bond donors (Lipinski definition) is 0. The predicted octanol–water partition coefficient (Wildman–Crippen LogP) is 3.70. The van der Waals surface area contributed by atoms with Gasteiger partial charge in [-0.2, -0.15) is 0 Å². The van der Waals surface area contributed by atoms with Gasteiger partial charge >= 0.3 is 0 Å². The minimum atomic E-state index is 0.0755. The number of fused-ring (bicyclic) bond motifs is 1. The van der Waals surface area contributed by atoms with Gasteiger partial charge in [-0.1, -0.05) is 201 Å². The van der Waals surface area contributed by atoms with Crippen LogP contribution < -0.4 is 60.1 Å². The van der Waals surface area contributed by atoms with Gasteiger partial charge in [0.05, 0.1) is 0 Å². The molecule has 0 bridgehead atoms. The summed E-state index contributed by atoms with van der Waals surface area (Å²) in [4.78, 5) is 0. The van der Waals surface area contributed by atoms with Crippen LogP contribution in [0.4, 0.5) is 0 Å². The Balaban J connectivity index is 1.15. The molecule has 0 aliphatic carbocycles. The van der Waals surface area contributed by atoms with Crippen molar-refractivity contribution >= 4 is 222 Å². The second-order valence-corrected chi connectivity index (χ2v) is 18.6. The molecule has 0 amide bonds. The Morgan fingerprint density at radius 1 is 0.169 bits per heavy atom. The molecular formula is C60H25B11. The molecule has 0 spiro atoms. The molecule has 0 aliphatic heterocycles. The molecule has 71 heavy (non-hydrogen) atoms. The van der Waals surface area contributed by atoms with E-state index in [0.29, 0.717) is 22.3 Å². The van der Waals surface area contributed by atoms with Crippen molar-refractivity contribution in [1.29, 1.82) is 0 Å². The highest BCUT2D eigenvalue weighted by atomic mass is 14.3. The van der Waals surface area contributed by atoms with Crippen molar-refractivity contribution in [3.63, 3.8) is 0 Å². The van der Waals surface area contributed by atoms with Crippen molar-refractivity contribution < 1.29 is 0 Å². The Kier molecular flexibility index (Phi) is 9.87. The maximum absolute atomic E-state index is 7.59. The lowest BCUT2D eigenvalue weighted by Crippen LogP contribution is -2.49. The zero-order valence-electron chi connectivity index (χ0n) is 38.3. The van der Waals surface area contributed by atoms with Crippen molar-refractivity contribution in [2.45, 2.75) is 0 Å². The van der Waals surface area contributed by atoms with E-state index in [9.17, 15) is 0 Å². The molecule has 0 atom stereocenters. The van der Waals surface area contributed by atoms with Crippen molar-refractivity contribution in [3.8, 4) is 55.6 Å². The van der Waals surface area contributed by atoms with Crippen molar-refractivity contribution in [2.75, 3.05) is 0 Å². The van der Waals surface area contributed by atoms with E-state index in [-0.39, 0.29) is 82.3 Å². The highest BCUT2D eigenvalue weighted by Crippen LogP contribution is 2.41. The van der Waals surface area contributed by atoms with Crippen LogP contribution in [0, 0.1) is 0 Å². The summed E-state index contributed by atoms with van der Waals surface area (Å²) in [5.41, 5.74) is 6.29. The molecule has 13 aromatic rings. The lowest BCUT2D eigenvalue weighted by molar-refractivity contribution is 1.70. The SMILES string of the molecule is [B]c1c([B])c(-c2c([B])c(-c3c([B])c([B])c([B])c(-c4ccc5ccc6cccc7ccc4c5c67)c3[B])c([B])c(-c3cccc4ccccc34)c2[B])c([B])c(-c2ccc3ccc4cccc5ccc2c3c45)c1[B]. The molecule has 0 nitrogen and oxygen atoms in total. The molecule has 0 fully saturated rings. The van der Waals surface area contributed by atoms with Crippen LogP contribution in [0.5, 0.6) is 0 Å². The number of benzene rings is 13. The molecule has 298 valence electrons. The van der Waals surface area contributed by atoms with E-state index in [0.717, 1.165) is 86.5 Å². The first kappa shape index (κ1) is 43.9. The minimum Gasteiger partial charge on any atom is -0.109 e. The van der Waals surface area contributed by atoms with E-state index < -0.39 is 0 Å². The lowest BCUT2D eigenvalue weighted by atomic mass is 9.56. The van der Waals surface area contributed by atoms with Crippen molar-refractivity contribution in [3.05, 3.63) is 152 Å². The third-order valence-electron chi connectivity index (χ3n) is 15.1. The molecule has 0 aromatic heterocycles. The van der Waals surface area contributed by atoms with Crippen LogP contribution in [0.3, 0.4) is 0 Å². The summed E-state index contributed by atoms with van der Waals surface area (Å²) in [5, 5.41) is 14.6. The zero-order chi connectivity index (χ0) is 48.9. The Bertz CT molecular complexity index is 4200. The van der Waals surface area contributed by atoms with Gasteiger partial charge in [-0.15, -0.1) is 10.9 Å². The van der Waals surface area contributed by atoms with Crippen LogP contribution in [0.1, 0.15) is 0 Å². The highest BCUT2D eigenvalue weighted by molar-refractivity contribution is 6.68. The van der Waals surface area contributed by atoms with E-state index in [2.05, 4.69) is 97.1 Å². The summed E-state index contributed by atoms with van der Waals surface area (Å²) in [6, 6.07) is 51.4. The van der Waals surface area contributed by atoms with Crippen LogP contribution in [0.15, 0.2) is 152 Å². The zero-order valence-corrected chi connectivity index (χ0v) is 38.3. The molecule has 0 unspecified atom stereocenters. The van der Waals surface area contributed by atoms with E-state index in [1.165, 1.54) is 0 Å². The molecule has 22 radical (unpaired) electrons. The maximum Gasteiger partial charge on any atom is 0.115 e. The van der Waals surface area contributed by atoms with Crippen LogP contribution in [-0.4, -0.2) is 86.3 Å². The third-order valence-corrected chi connectivity index (χ3v) is 15.1. The summed E-state index contributed by atoms with van der Waals surface area (Å²) < 4.78 is 0. The average Bonchev–Trinajstić information content (AvgIpc) is 3.38. The topological polar surface area (TPSA) is 0 Å². The van der Waals surface area contributed by atoms with Crippen LogP contribution in [0.25, 0.3) is 131 Å². The maximum atomic E-state index is 7.59. The molecule has 0 saturated carbocycles. The molecule has 13 rings (SSSR count). The second kappa shape index (κ2) is 16.0. The standard InChI is InChI=1S/C60H25B11/c61-50-43(34-13-5-7-26-6-1-2-12-33(26)34)51(62)47(49-53(64)45(56(67)60(71)58(49)69)38-25-21-32-17-15-28-9-4-11-30-19-23-36(38)42(32)40(28)30)54(65)46(50)48-52(63)44(55(66)59(70)57(48)68)37-24-20-31-16-14-27-8-3-10-29-18-22-35(37)41(31)39(27)29/h1-25H. The third kappa shape index (κ3) is 6.08. The molecule has 0 saturated heterocycles. The van der Waals surface area contributed by atoms with Gasteiger partial charge < -0.3 is 0 Å². The monoisotopic (exact) mass is 866 g/mol. The van der Waals surface area contributed by atoms with Crippen LogP contribution in [0.2, 0.25) is 0 Å². The minimum absolute atomic E-state index is 0.0755. The molecule has 0 heterocycles. The quantitative estimate of drug-likeness (QED) is 0.183. The second-order valence-electron chi connectivity index (χ2n) is 18.6. The normalized spacial score (nSPS) is 12.0. The Hall–Kier alpha value is -7.09. The number of hydrogen-bond acceptors (Lipinski definition) is 0. The smallest absolute Gasteiger partial charge is 0.109 e. The highest BCUT2D eigenvalue weighted by Gasteiger charge is 2.28. The van der Waals surface area contributed by atoms with Gasteiger partial charge in [0.25, 0.3) is 0 Å². The molecule has 13 aromatic carbocycles. The fourth-order valence-electron chi connectivity index (χ4n) is 11.8. The van der Waals surface area contributed by atoms with Crippen LogP contribution >= 0.6 is 0 Å². The predicted molar refractivity (Wildman–Crippen MR) is 318 cm³/mol. The Morgan fingerprint density at radius 2 is 0.451 bits per heavy atom. The molecule has 0 aliphatic rings. The molecule has 0 N–H and O–H groups in total. The van der Waals surface area contributed by atoms with Crippen LogP contribution in [-0.2, 0) is 0 Å². The fraction of sp³-hybridized carbons (Fsp3) is 0. The summed E-state index contributed by atoms with van der Waals surface area (Å²) in [6.07, 6.45) is 0. The van der Waals surface area contributed by atoms with Gasteiger partial charge in [0.15, 0.2) is 0 Å². The van der Waals surface area contributed by atoms with Gasteiger partial charge in [-0.05, 0) is 131 Å². The Labute approximate surface area is 426 Å².